The first-order valence-electron chi connectivity index (χ1n) is 10.4. The maximum absolute atomic E-state index is 11.3. The van der Waals surface area contributed by atoms with E-state index in [1.54, 1.807) is 6.07 Å². The monoisotopic (exact) mass is 502 g/mol. The number of benzene rings is 2. The number of ether oxygens (including phenoxy) is 3. The van der Waals surface area contributed by atoms with E-state index in [-0.39, 0.29) is 25.5 Å². The van der Waals surface area contributed by atoms with Gasteiger partial charge in [0.05, 0.1) is 23.6 Å². The number of carbonyl (C=O) groups excluding carboxylic acids is 1. The van der Waals surface area contributed by atoms with Crippen LogP contribution < -0.4 is 9.47 Å². The molecule has 2 aromatic carbocycles. The summed E-state index contributed by atoms with van der Waals surface area (Å²) < 4.78 is 21.2. The Kier molecular flexibility index (Phi) is 8.43. The molecule has 0 atom stereocenters. The zero-order valence-corrected chi connectivity index (χ0v) is 20.6. The Labute approximate surface area is 208 Å². The fourth-order valence-corrected chi connectivity index (χ4v) is 3.66. The number of oxazole rings is 1. The van der Waals surface area contributed by atoms with E-state index in [0.717, 1.165) is 11.1 Å². The van der Waals surface area contributed by atoms with E-state index in [1.807, 2.05) is 44.2 Å². The molecule has 3 aromatic rings. The molecule has 0 amide bonds. The van der Waals surface area contributed by atoms with Gasteiger partial charge in [0.25, 0.3) is 0 Å². The van der Waals surface area contributed by atoms with Crippen molar-refractivity contribution in [2.24, 2.45) is 0 Å². The van der Waals surface area contributed by atoms with Crippen LogP contribution in [0.1, 0.15) is 42.1 Å². The number of nitriles is 1. The van der Waals surface area contributed by atoms with Gasteiger partial charge in [-0.1, -0.05) is 37.6 Å². The fourth-order valence-electron chi connectivity index (χ4n) is 3.31. The second-order valence-corrected chi connectivity index (χ2v) is 8.69. The molecule has 0 spiro atoms. The van der Waals surface area contributed by atoms with Gasteiger partial charge in [0.2, 0.25) is 5.89 Å². The third-order valence-electron chi connectivity index (χ3n) is 5.29. The molecule has 178 valence electrons. The van der Waals surface area contributed by atoms with Crippen LogP contribution in [0, 0.1) is 11.3 Å². The van der Waals surface area contributed by atoms with Gasteiger partial charge in [-0.05, 0) is 35.4 Å². The highest BCUT2D eigenvalue weighted by Crippen LogP contribution is 2.38. The average molecular weight is 503 g/mol. The predicted molar refractivity (Wildman–Crippen MR) is 128 cm³/mol. The Morgan fingerprint density at radius 1 is 1.18 bits per heavy atom. The van der Waals surface area contributed by atoms with Crippen molar-refractivity contribution in [1.82, 2.24) is 4.98 Å². The maximum Gasteiger partial charge on any atom is 0.314 e. The van der Waals surface area contributed by atoms with Crippen LogP contribution in [-0.4, -0.2) is 30.5 Å². The van der Waals surface area contributed by atoms with Gasteiger partial charge in [-0.2, -0.15) is 5.26 Å². The quantitative estimate of drug-likeness (QED) is 0.269. The van der Waals surface area contributed by atoms with Crippen LogP contribution >= 0.6 is 23.2 Å². The van der Waals surface area contributed by atoms with Crippen LogP contribution in [0.15, 0.2) is 47.1 Å². The van der Waals surface area contributed by atoms with Gasteiger partial charge in [-0.15, -0.1) is 11.6 Å². The number of methoxy groups -OCH3 is 1. The van der Waals surface area contributed by atoms with Crippen molar-refractivity contribution in [3.63, 3.8) is 0 Å². The Morgan fingerprint density at radius 3 is 2.56 bits per heavy atom. The molecule has 9 heteroatoms. The molecule has 0 saturated heterocycles. The molecular weight excluding hydrogens is 479 g/mol. The molecule has 0 radical (unpaired) electrons. The number of rotatable bonds is 10. The summed E-state index contributed by atoms with van der Waals surface area (Å²) in [6, 6.07) is 13.4. The molecule has 34 heavy (non-hydrogen) atoms. The number of carbonyl (C=O) groups is 1. The minimum absolute atomic E-state index is 0.0301. The van der Waals surface area contributed by atoms with Crippen LogP contribution in [0.25, 0.3) is 0 Å². The number of halogens is 2. The molecule has 0 unspecified atom stereocenters. The van der Waals surface area contributed by atoms with E-state index in [1.165, 1.54) is 13.4 Å². The van der Waals surface area contributed by atoms with Crippen LogP contribution in [0.2, 0.25) is 5.02 Å². The lowest BCUT2D eigenvalue weighted by molar-refractivity contribution is -0.140. The number of aromatic nitrogens is 1. The van der Waals surface area contributed by atoms with Crippen molar-refractivity contribution in [2.45, 2.75) is 32.3 Å². The fraction of sp³-hybridized carbons (Fsp3) is 0.320. The van der Waals surface area contributed by atoms with Crippen molar-refractivity contribution in [3.8, 4) is 17.6 Å². The third kappa shape index (κ3) is 6.02. The van der Waals surface area contributed by atoms with Gasteiger partial charge in [0.1, 0.15) is 43.4 Å². The Bertz CT molecular complexity index is 1180. The largest absolute Gasteiger partial charge is 0.489 e. The smallest absolute Gasteiger partial charge is 0.314 e. The summed E-state index contributed by atoms with van der Waals surface area (Å²) in [4.78, 5) is 15.5. The standard InChI is InChI=1S/C25H24Cl2N2O5/c1-25(2,18-10-16(13-28)24(21(27)11-18)32-9-8-26)17-4-6-20(7-5-17)33-14-19-15-34-22(29-19)12-23(30)31-3/h4-7,10-11,15H,8-9,12,14H2,1-3H3. The summed E-state index contributed by atoms with van der Waals surface area (Å²) >= 11 is 12.1. The van der Waals surface area contributed by atoms with E-state index in [2.05, 4.69) is 15.8 Å². The van der Waals surface area contributed by atoms with E-state index >= 15 is 0 Å². The molecule has 7 nitrogen and oxygen atoms in total. The molecular formula is C25H24Cl2N2O5. The van der Waals surface area contributed by atoms with Crippen LogP contribution in [0.3, 0.4) is 0 Å². The molecule has 0 aliphatic heterocycles. The lowest BCUT2D eigenvalue weighted by Crippen LogP contribution is -2.19. The van der Waals surface area contributed by atoms with Gasteiger partial charge in [0.15, 0.2) is 5.75 Å². The molecule has 1 heterocycles. The first kappa shape index (κ1) is 25.4. The van der Waals surface area contributed by atoms with Gasteiger partial charge < -0.3 is 18.6 Å². The number of alkyl halides is 1. The van der Waals surface area contributed by atoms with Gasteiger partial charge in [-0.3, -0.25) is 4.79 Å². The van der Waals surface area contributed by atoms with E-state index in [9.17, 15) is 10.1 Å². The SMILES string of the molecule is COC(=O)Cc1nc(COc2ccc(C(C)(C)c3cc(Cl)c(OCCCl)c(C#N)c3)cc2)co1. The molecule has 0 bridgehead atoms. The van der Waals surface area contributed by atoms with Crippen LogP contribution in [0.5, 0.6) is 11.5 Å². The topological polar surface area (TPSA) is 94.6 Å². The Hall–Kier alpha value is -3.21. The second kappa shape index (κ2) is 11.3. The summed E-state index contributed by atoms with van der Waals surface area (Å²) in [6.07, 6.45) is 1.42. The first-order valence-corrected chi connectivity index (χ1v) is 11.4. The molecule has 0 aliphatic rings. The minimum atomic E-state index is -0.437. The van der Waals surface area contributed by atoms with Crippen molar-refractivity contribution in [3.05, 3.63) is 76.0 Å². The number of hydrogen-bond donors (Lipinski definition) is 0. The molecule has 0 saturated carbocycles. The van der Waals surface area contributed by atoms with Gasteiger partial charge >= 0.3 is 5.97 Å². The molecule has 3 rings (SSSR count). The summed E-state index contributed by atoms with van der Waals surface area (Å²) in [5.41, 5.74) is 2.38. The lowest BCUT2D eigenvalue weighted by Gasteiger charge is -2.27. The van der Waals surface area contributed by atoms with E-state index < -0.39 is 11.4 Å². The van der Waals surface area contributed by atoms with Crippen molar-refractivity contribution >= 4 is 29.2 Å². The first-order chi connectivity index (χ1) is 16.3. The van der Waals surface area contributed by atoms with Crippen LogP contribution in [-0.2, 0) is 28.0 Å². The summed E-state index contributed by atoms with van der Waals surface area (Å²) in [6.45, 7) is 4.56. The molecule has 1 aromatic heterocycles. The summed E-state index contributed by atoms with van der Waals surface area (Å²) in [7, 11) is 1.31. The molecule has 0 aliphatic carbocycles. The summed E-state index contributed by atoms with van der Waals surface area (Å²) in [5.74, 6) is 1.15. The average Bonchev–Trinajstić information content (AvgIpc) is 3.28. The van der Waals surface area contributed by atoms with E-state index in [0.29, 0.717) is 33.7 Å². The molecule has 0 N–H and O–H groups in total. The predicted octanol–water partition coefficient (Wildman–Crippen LogP) is 5.44. The Balaban J connectivity index is 1.72. The number of esters is 1. The van der Waals surface area contributed by atoms with Gasteiger partial charge in [-0.25, -0.2) is 4.98 Å². The Morgan fingerprint density at radius 2 is 1.91 bits per heavy atom. The van der Waals surface area contributed by atoms with Crippen molar-refractivity contribution in [1.29, 1.82) is 5.26 Å². The highest BCUT2D eigenvalue weighted by atomic mass is 35.5. The van der Waals surface area contributed by atoms with Gasteiger partial charge in [0, 0.05) is 5.41 Å². The second-order valence-electron chi connectivity index (χ2n) is 7.91. The number of nitrogens with zero attached hydrogens (tertiary/aromatic N) is 2. The van der Waals surface area contributed by atoms with Crippen molar-refractivity contribution < 1.29 is 23.4 Å². The van der Waals surface area contributed by atoms with Crippen molar-refractivity contribution in [2.75, 3.05) is 19.6 Å². The number of hydrogen-bond acceptors (Lipinski definition) is 7. The minimum Gasteiger partial charge on any atom is -0.489 e. The zero-order valence-electron chi connectivity index (χ0n) is 19.1. The van der Waals surface area contributed by atoms with Crippen LogP contribution in [0.4, 0.5) is 0 Å². The maximum atomic E-state index is 11.3. The third-order valence-corrected chi connectivity index (χ3v) is 5.73. The van der Waals surface area contributed by atoms with E-state index in [4.69, 9.17) is 37.1 Å². The molecule has 0 fully saturated rings. The normalized spacial score (nSPS) is 11.1. The highest BCUT2D eigenvalue weighted by Gasteiger charge is 2.26. The highest BCUT2D eigenvalue weighted by molar-refractivity contribution is 6.32. The lowest BCUT2D eigenvalue weighted by atomic mass is 9.77. The summed E-state index contributed by atoms with van der Waals surface area (Å²) in [5, 5.41) is 9.94. The zero-order chi connectivity index (χ0) is 24.7.